The Morgan fingerprint density at radius 1 is 0.750 bits per heavy atom. The van der Waals surface area contributed by atoms with Crippen LogP contribution in [0.4, 0.5) is 0 Å². The van der Waals surface area contributed by atoms with Crippen LogP contribution in [-0.4, -0.2) is 22.4 Å². The van der Waals surface area contributed by atoms with E-state index in [-0.39, 0.29) is 39.3 Å². The molecule has 2 nitrogen and oxygen atoms in total. The molecule has 0 aliphatic heterocycles. The van der Waals surface area contributed by atoms with Gasteiger partial charge in [-0.15, -0.1) is 0 Å². The molecule has 0 bridgehead atoms. The van der Waals surface area contributed by atoms with Gasteiger partial charge in [-0.25, -0.2) is 0 Å². The van der Waals surface area contributed by atoms with Crippen molar-refractivity contribution in [1.29, 1.82) is 0 Å². The highest BCUT2D eigenvalue weighted by Gasteiger charge is 2.69. The lowest BCUT2D eigenvalue weighted by atomic mass is 9.33. The molecule has 2 heteroatoms. The zero-order valence-corrected chi connectivity index (χ0v) is 22.2. The second kappa shape index (κ2) is 6.66. The fourth-order valence-corrected chi connectivity index (χ4v) is 10.6. The topological polar surface area (TPSA) is 40.5 Å². The SMILES string of the molecule is CC1(C)CC[C@]2(C)C[C@@H](O)[C@]3(C)C(=CC[C@@H]4[C@@]5(C)CC[C@@H](O)C(C)(C)[C@@H]5CC[C@]43C)[C@@H]2C1. The smallest absolute Gasteiger partial charge is 0.0641 e. The Balaban J connectivity index is 1.61. The molecular weight excluding hydrogens is 392 g/mol. The quantitative estimate of drug-likeness (QED) is 0.391. The molecule has 182 valence electrons. The number of allylic oxidation sites excluding steroid dienone is 1. The zero-order valence-electron chi connectivity index (χ0n) is 22.2. The standard InChI is InChI=1S/C30H50O2/c1-25(2)15-16-27(5)18-24(32)30(8)19(20(27)17-25)9-10-22-28(6)13-12-23(31)26(3,4)21(28)11-14-29(22,30)7/h9,20-24,31-32H,10-18H2,1-8H3/t20-,21-,22+,23+,24+,27+,28-,29+,30-/m0/s1. The average molecular weight is 443 g/mol. The molecular formula is C30H50O2. The van der Waals surface area contributed by atoms with Gasteiger partial charge in [0.15, 0.2) is 0 Å². The lowest BCUT2D eigenvalue weighted by Crippen LogP contribution is -2.67. The molecule has 32 heavy (non-hydrogen) atoms. The van der Waals surface area contributed by atoms with Crippen LogP contribution in [0.3, 0.4) is 0 Å². The Morgan fingerprint density at radius 2 is 1.44 bits per heavy atom. The van der Waals surface area contributed by atoms with Crippen molar-refractivity contribution in [1.82, 2.24) is 0 Å². The minimum absolute atomic E-state index is 0.0175. The molecule has 5 aliphatic carbocycles. The Labute approximate surface area is 197 Å². The van der Waals surface area contributed by atoms with Crippen molar-refractivity contribution in [3.05, 3.63) is 11.6 Å². The summed E-state index contributed by atoms with van der Waals surface area (Å²) in [5.41, 5.74) is 2.51. The van der Waals surface area contributed by atoms with Crippen LogP contribution in [0.2, 0.25) is 0 Å². The Bertz CT molecular complexity index is 825. The third kappa shape index (κ3) is 2.72. The van der Waals surface area contributed by atoms with E-state index < -0.39 is 0 Å². The van der Waals surface area contributed by atoms with E-state index in [4.69, 9.17) is 0 Å². The van der Waals surface area contributed by atoms with Crippen LogP contribution in [-0.2, 0) is 0 Å². The summed E-state index contributed by atoms with van der Waals surface area (Å²) in [6.07, 6.45) is 12.6. The van der Waals surface area contributed by atoms with Gasteiger partial charge in [0.25, 0.3) is 0 Å². The monoisotopic (exact) mass is 442 g/mol. The Hall–Kier alpha value is -0.340. The van der Waals surface area contributed by atoms with Crippen molar-refractivity contribution in [3.8, 4) is 0 Å². The molecule has 5 aliphatic rings. The average Bonchev–Trinajstić information content (AvgIpc) is 2.68. The van der Waals surface area contributed by atoms with Gasteiger partial charge < -0.3 is 10.2 Å². The number of rotatable bonds is 0. The minimum atomic E-state index is -0.244. The van der Waals surface area contributed by atoms with E-state index in [9.17, 15) is 10.2 Å². The van der Waals surface area contributed by atoms with E-state index in [0.717, 1.165) is 19.3 Å². The summed E-state index contributed by atoms with van der Waals surface area (Å²) in [4.78, 5) is 0. The number of aliphatic hydroxyl groups is 2. The minimum Gasteiger partial charge on any atom is -0.393 e. The maximum absolute atomic E-state index is 11.9. The molecule has 2 N–H and O–H groups in total. The molecule has 0 radical (unpaired) electrons. The Kier molecular flexibility index (Phi) is 4.87. The van der Waals surface area contributed by atoms with Gasteiger partial charge in [-0.2, -0.15) is 0 Å². The highest BCUT2D eigenvalue weighted by Crippen LogP contribution is 2.75. The number of hydrogen-bond donors (Lipinski definition) is 2. The van der Waals surface area contributed by atoms with Crippen LogP contribution >= 0.6 is 0 Å². The van der Waals surface area contributed by atoms with Gasteiger partial charge in [0, 0.05) is 5.41 Å². The lowest BCUT2D eigenvalue weighted by molar-refractivity contribution is -0.223. The Morgan fingerprint density at radius 3 is 2.12 bits per heavy atom. The second-order valence-corrected chi connectivity index (χ2v) is 15.3. The summed E-state index contributed by atoms with van der Waals surface area (Å²) in [6, 6.07) is 0. The first-order chi connectivity index (χ1) is 14.6. The highest BCUT2D eigenvalue weighted by molar-refractivity contribution is 5.35. The maximum Gasteiger partial charge on any atom is 0.0641 e. The molecule has 0 unspecified atom stereocenters. The summed E-state index contributed by atoms with van der Waals surface area (Å²) in [7, 11) is 0. The van der Waals surface area contributed by atoms with E-state index in [2.05, 4.69) is 61.5 Å². The van der Waals surface area contributed by atoms with Crippen LogP contribution in [0.25, 0.3) is 0 Å². The van der Waals surface area contributed by atoms with Gasteiger partial charge in [-0.3, -0.25) is 0 Å². The van der Waals surface area contributed by atoms with Crippen LogP contribution in [0.5, 0.6) is 0 Å². The number of hydrogen-bond acceptors (Lipinski definition) is 2. The molecule has 0 saturated heterocycles. The molecule has 0 aromatic rings. The molecule has 0 heterocycles. The largest absolute Gasteiger partial charge is 0.393 e. The van der Waals surface area contributed by atoms with Gasteiger partial charge in [-0.1, -0.05) is 67.0 Å². The van der Waals surface area contributed by atoms with E-state index in [1.54, 1.807) is 5.57 Å². The summed E-state index contributed by atoms with van der Waals surface area (Å²) >= 11 is 0. The predicted molar refractivity (Wildman–Crippen MR) is 132 cm³/mol. The molecule has 9 atom stereocenters. The summed E-state index contributed by atoms with van der Waals surface area (Å²) in [5, 5.41) is 22.8. The molecule has 0 aromatic carbocycles. The molecule has 0 amide bonds. The van der Waals surface area contributed by atoms with Gasteiger partial charge in [0.2, 0.25) is 0 Å². The molecule has 5 rings (SSSR count). The van der Waals surface area contributed by atoms with Crippen molar-refractivity contribution < 1.29 is 10.2 Å². The van der Waals surface area contributed by atoms with E-state index >= 15 is 0 Å². The molecule has 4 fully saturated rings. The van der Waals surface area contributed by atoms with Crippen molar-refractivity contribution in [2.75, 3.05) is 0 Å². The normalized spacial score (nSPS) is 56.2. The van der Waals surface area contributed by atoms with E-state index in [0.29, 0.717) is 23.2 Å². The van der Waals surface area contributed by atoms with Crippen molar-refractivity contribution >= 4 is 0 Å². The summed E-state index contributed by atoms with van der Waals surface area (Å²) in [5.74, 6) is 1.77. The maximum atomic E-state index is 11.9. The van der Waals surface area contributed by atoms with Crippen molar-refractivity contribution in [2.45, 2.75) is 125 Å². The second-order valence-electron chi connectivity index (χ2n) is 15.3. The highest BCUT2D eigenvalue weighted by atomic mass is 16.3. The first-order valence-corrected chi connectivity index (χ1v) is 13.7. The van der Waals surface area contributed by atoms with Crippen LogP contribution in [0, 0.1) is 50.2 Å². The predicted octanol–water partition coefficient (Wildman–Crippen LogP) is 7.14. The van der Waals surface area contributed by atoms with E-state index in [1.165, 1.54) is 38.5 Å². The van der Waals surface area contributed by atoms with Crippen LogP contribution in [0.1, 0.15) is 113 Å². The fourth-order valence-electron chi connectivity index (χ4n) is 10.6. The van der Waals surface area contributed by atoms with Crippen molar-refractivity contribution in [2.24, 2.45) is 50.2 Å². The third-order valence-corrected chi connectivity index (χ3v) is 13.1. The molecule has 0 aromatic heterocycles. The lowest BCUT2D eigenvalue weighted by Gasteiger charge is -2.72. The van der Waals surface area contributed by atoms with Crippen LogP contribution in [0.15, 0.2) is 11.6 Å². The van der Waals surface area contributed by atoms with Gasteiger partial charge in [0.05, 0.1) is 12.2 Å². The third-order valence-electron chi connectivity index (χ3n) is 13.1. The zero-order chi connectivity index (χ0) is 23.5. The first-order valence-electron chi connectivity index (χ1n) is 13.7. The molecule has 4 saturated carbocycles. The number of fused-ring (bicyclic) bond motifs is 7. The van der Waals surface area contributed by atoms with Gasteiger partial charge >= 0.3 is 0 Å². The summed E-state index contributed by atoms with van der Waals surface area (Å²) < 4.78 is 0. The van der Waals surface area contributed by atoms with E-state index in [1.807, 2.05) is 0 Å². The first kappa shape index (κ1) is 23.4. The fraction of sp³-hybridized carbons (Fsp3) is 0.933. The molecule has 0 spiro atoms. The summed E-state index contributed by atoms with van der Waals surface area (Å²) in [6.45, 7) is 19.6. The van der Waals surface area contributed by atoms with Crippen molar-refractivity contribution in [3.63, 3.8) is 0 Å². The van der Waals surface area contributed by atoms with Gasteiger partial charge in [0.1, 0.15) is 0 Å². The number of aliphatic hydroxyl groups excluding tert-OH is 2. The van der Waals surface area contributed by atoms with Crippen LogP contribution < -0.4 is 0 Å². The van der Waals surface area contributed by atoms with Gasteiger partial charge in [-0.05, 0) is 103 Å².